The molecule has 4 aliphatic rings. The molecule has 1 aliphatic carbocycles. The van der Waals surface area contributed by atoms with Crippen LogP contribution in [0.15, 0.2) is 4.99 Å². The fourth-order valence-electron chi connectivity index (χ4n) is 4.75. The zero-order valence-corrected chi connectivity index (χ0v) is 13.4. The Morgan fingerprint density at radius 3 is 2.55 bits per heavy atom. The Kier molecular flexibility index (Phi) is 3.50. The Hall–Kier alpha value is -0.220. The van der Waals surface area contributed by atoms with Crippen LogP contribution in [-0.4, -0.2) is 46.5 Å². The summed E-state index contributed by atoms with van der Waals surface area (Å²) < 4.78 is 0. The molecule has 1 N–H and O–H groups in total. The maximum absolute atomic E-state index is 5.11. The number of nitrogens with one attached hydrogen (secondary N) is 1. The van der Waals surface area contributed by atoms with Crippen LogP contribution >= 0.6 is 11.8 Å². The van der Waals surface area contributed by atoms with Crippen LogP contribution in [0.5, 0.6) is 0 Å². The van der Waals surface area contributed by atoms with Crippen molar-refractivity contribution in [2.45, 2.75) is 81.5 Å². The van der Waals surface area contributed by atoms with Crippen LogP contribution in [0.2, 0.25) is 0 Å². The van der Waals surface area contributed by atoms with Gasteiger partial charge in [0.2, 0.25) is 0 Å². The first kappa shape index (κ1) is 13.4. The van der Waals surface area contributed by atoms with Crippen molar-refractivity contribution in [3.8, 4) is 0 Å². The van der Waals surface area contributed by atoms with Gasteiger partial charge in [-0.3, -0.25) is 4.99 Å². The lowest BCUT2D eigenvalue weighted by Crippen LogP contribution is -2.51. The molecule has 4 rings (SSSR count). The molecule has 112 valence electrons. The third-order valence-electron chi connectivity index (χ3n) is 6.03. The van der Waals surface area contributed by atoms with E-state index in [1.54, 1.807) is 0 Å². The van der Waals surface area contributed by atoms with Crippen LogP contribution in [0.1, 0.15) is 57.8 Å². The normalized spacial score (nSPS) is 42.2. The van der Waals surface area contributed by atoms with E-state index in [9.17, 15) is 0 Å². The van der Waals surface area contributed by atoms with E-state index in [-0.39, 0.29) is 0 Å². The standard InChI is InChI=1S/C16H27N3S/c1-19-13-5-4-6-14(19)10-12(9-13)17-15-18-16(11-20-15)7-2-3-8-16/h12-14H,2-11H2,1H3,(H,17,18). The van der Waals surface area contributed by atoms with Crippen molar-refractivity contribution >= 4 is 16.9 Å². The highest BCUT2D eigenvalue weighted by molar-refractivity contribution is 8.14. The predicted molar refractivity (Wildman–Crippen MR) is 86.4 cm³/mol. The molecule has 20 heavy (non-hydrogen) atoms. The van der Waals surface area contributed by atoms with Gasteiger partial charge in [-0.05, 0) is 45.6 Å². The molecular formula is C16H27N3S. The van der Waals surface area contributed by atoms with E-state index >= 15 is 0 Å². The largest absolute Gasteiger partial charge is 0.359 e. The molecule has 0 aromatic carbocycles. The zero-order chi connectivity index (χ0) is 13.6. The zero-order valence-electron chi connectivity index (χ0n) is 12.6. The molecule has 2 bridgehead atoms. The molecule has 3 heterocycles. The van der Waals surface area contributed by atoms with Gasteiger partial charge in [0.1, 0.15) is 0 Å². The second-order valence-electron chi connectivity index (χ2n) is 7.36. The van der Waals surface area contributed by atoms with Crippen LogP contribution in [0.3, 0.4) is 0 Å². The van der Waals surface area contributed by atoms with Crippen molar-refractivity contribution < 1.29 is 0 Å². The number of fused-ring (bicyclic) bond motifs is 2. The van der Waals surface area contributed by atoms with E-state index in [1.165, 1.54) is 68.7 Å². The predicted octanol–water partition coefficient (Wildman–Crippen LogP) is 3.01. The first-order chi connectivity index (χ1) is 9.74. The average Bonchev–Trinajstić information content (AvgIpc) is 3.02. The number of amidine groups is 1. The lowest BCUT2D eigenvalue weighted by molar-refractivity contribution is 0.0574. The molecule has 0 radical (unpaired) electrons. The molecule has 1 spiro atoms. The number of aliphatic imine (C=N–C) groups is 1. The fourth-order valence-corrected chi connectivity index (χ4v) is 6.04. The van der Waals surface area contributed by atoms with Crippen molar-refractivity contribution in [3.63, 3.8) is 0 Å². The van der Waals surface area contributed by atoms with E-state index in [0.29, 0.717) is 11.6 Å². The van der Waals surface area contributed by atoms with Crippen molar-refractivity contribution in [3.05, 3.63) is 0 Å². The van der Waals surface area contributed by atoms with Gasteiger partial charge in [0.25, 0.3) is 0 Å². The molecule has 0 aromatic heterocycles. The van der Waals surface area contributed by atoms with E-state index in [1.807, 2.05) is 11.8 Å². The minimum atomic E-state index is 0.421. The number of rotatable bonds is 1. The number of hydrogen-bond acceptors (Lipinski definition) is 3. The second kappa shape index (κ2) is 5.20. The van der Waals surface area contributed by atoms with E-state index in [4.69, 9.17) is 4.99 Å². The van der Waals surface area contributed by atoms with Crippen molar-refractivity contribution in [1.29, 1.82) is 0 Å². The first-order valence-corrected chi connectivity index (χ1v) is 9.43. The summed E-state index contributed by atoms with van der Waals surface area (Å²) in [4.78, 5) is 7.75. The molecule has 0 amide bonds. The highest BCUT2D eigenvalue weighted by atomic mass is 32.2. The molecule has 3 aliphatic heterocycles. The number of nitrogens with zero attached hydrogens (tertiary/aromatic N) is 2. The van der Waals surface area contributed by atoms with Crippen molar-refractivity contribution in [1.82, 2.24) is 10.2 Å². The Morgan fingerprint density at radius 1 is 1.15 bits per heavy atom. The van der Waals surface area contributed by atoms with Gasteiger partial charge in [-0.25, -0.2) is 0 Å². The first-order valence-electron chi connectivity index (χ1n) is 8.45. The number of thioether (sulfide) groups is 1. The molecule has 1 saturated carbocycles. The van der Waals surface area contributed by atoms with Gasteiger partial charge < -0.3 is 10.2 Å². The smallest absolute Gasteiger partial charge is 0.157 e. The summed E-state index contributed by atoms with van der Waals surface area (Å²) in [6.07, 6.45) is 12.3. The Bertz CT molecular complexity index is 389. The molecule has 2 unspecified atom stereocenters. The van der Waals surface area contributed by atoms with Crippen LogP contribution < -0.4 is 5.32 Å². The Labute approximate surface area is 127 Å². The summed E-state index contributed by atoms with van der Waals surface area (Å²) in [5, 5.41) is 5.05. The monoisotopic (exact) mass is 293 g/mol. The summed E-state index contributed by atoms with van der Waals surface area (Å²) in [5.74, 6) is 1.26. The molecule has 3 saturated heterocycles. The maximum Gasteiger partial charge on any atom is 0.157 e. The van der Waals surface area contributed by atoms with Crippen LogP contribution in [0.25, 0.3) is 0 Å². The molecule has 0 aromatic rings. The van der Waals surface area contributed by atoms with Crippen LogP contribution in [0.4, 0.5) is 0 Å². The molecule has 4 heteroatoms. The third kappa shape index (κ3) is 2.39. The van der Waals surface area contributed by atoms with E-state index < -0.39 is 0 Å². The number of hydrogen-bond donors (Lipinski definition) is 1. The van der Waals surface area contributed by atoms with E-state index in [0.717, 1.165) is 12.1 Å². The minimum Gasteiger partial charge on any atom is -0.359 e. The van der Waals surface area contributed by atoms with E-state index in [2.05, 4.69) is 17.3 Å². The third-order valence-corrected chi connectivity index (χ3v) is 7.21. The Balaban J connectivity index is 1.43. The molecule has 4 fully saturated rings. The summed E-state index contributed by atoms with van der Waals surface area (Å²) in [6, 6.07) is 2.17. The Morgan fingerprint density at radius 2 is 1.85 bits per heavy atom. The van der Waals surface area contributed by atoms with Gasteiger partial charge >= 0.3 is 0 Å². The summed E-state index contributed by atoms with van der Waals surface area (Å²) in [7, 11) is 2.33. The van der Waals surface area contributed by atoms with Gasteiger partial charge in [-0.2, -0.15) is 0 Å². The SMILES string of the molecule is CN1C2CCCC1CC(N=C1NC3(CCCC3)CS1)C2. The van der Waals surface area contributed by atoms with Gasteiger partial charge in [0.05, 0.1) is 6.04 Å². The second-order valence-corrected chi connectivity index (χ2v) is 8.33. The topological polar surface area (TPSA) is 27.6 Å². The summed E-state index contributed by atoms with van der Waals surface area (Å²) in [6.45, 7) is 0. The lowest BCUT2D eigenvalue weighted by atomic mass is 9.82. The maximum atomic E-state index is 5.11. The number of piperidine rings is 2. The van der Waals surface area contributed by atoms with Gasteiger partial charge in [0, 0.05) is 23.4 Å². The summed E-state index contributed by atoms with van der Waals surface area (Å²) >= 11 is 1.99. The van der Waals surface area contributed by atoms with Gasteiger partial charge in [-0.1, -0.05) is 31.0 Å². The lowest BCUT2D eigenvalue weighted by Gasteiger charge is -2.46. The molecular weight excluding hydrogens is 266 g/mol. The molecule has 2 atom stereocenters. The quantitative estimate of drug-likeness (QED) is 0.805. The van der Waals surface area contributed by atoms with Crippen molar-refractivity contribution in [2.75, 3.05) is 12.8 Å². The minimum absolute atomic E-state index is 0.421. The van der Waals surface area contributed by atoms with Gasteiger partial charge in [-0.15, -0.1) is 0 Å². The fraction of sp³-hybridized carbons (Fsp3) is 0.938. The summed E-state index contributed by atoms with van der Waals surface area (Å²) in [5.41, 5.74) is 0.421. The van der Waals surface area contributed by atoms with Gasteiger partial charge in [0.15, 0.2) is 5.17 Å². The van der Waals surface area contributed by atoms with Crippen LogP contribution in [-0.2, 0) is 0 Å². The van der Waals surface area contributed by atoms with Crippen molar-refractivity contribution in [2.24, 2.45) is 4.99 Å². The van der Waals surface area contributed by atoms with Crippen LogP contribution in [0, 0.1) is 0 Å². The average molecular weight is 293 g/mol. The highest BCUT2D eigenvalue weighted by Crippen LogP contribution is 2.39. The molecule has 3 nitrogen and oxygen atoms in total. The highest BCUT2D eigenvalue weighted by Gasteiger charge is 2.41.